The molecule has 0 spiro atoms. The molecule has 0 saturated heterocycles. The number of carbonyl (C=O) groups is 1. The Hall–Kier alpha value is -3.79. The zero-order valence-corrected chi connectivity index (χ0v) is 16.0. The lowest BCUT2D eigenvalue weighted by atomic mass is 10.1. The van der Waals surface area contributed by atoms with E-state index in [1.54, 1.807) is 29.3 Å². The molecule has 29 heavy (non-hydrogen) atoms. The van der Waals surface area contributed by atoms with Crippen LogP contribution in [0.2, 0.25) is 5.02 Å². The Balaban J connectivity index is 1.49. The van der Waals surface area contributed by atoms with Crippen molar-refractivity contribution in [2.45, 2.75) is 6.54 Å². The second-order valence-corrected chi connectivity index (χ2v) is 6.32. The Labute approximate surface area is 170 Å². The smallest absolute Gasteiger partial charge is 0.255 e. The molecule has 0 radical (unpaired) electrons. The van der Waals surface area contributed by atoms with E-state index in [0.29, 0.717) is 34.4 Å². The summed E-state index contributed by atoms with van der Waals surface area (Å²) < 4.78 is 8.39. The lowest BCUT2D eigenvalue weighted by molar-refractivity contribution is 0.0948. The number of nitrogens with one attached hydrogen (secondary N) is 1. The minimum atomic E-state index is -0.330. The van der Waals surface area contributed by atoms with Crippen LogP contribution in [0, 0.1) is 0 Å². The van der Waals surface area contributed by atoms with Crippen LogP contribution in [0.1, 0.15) is 15.9 Å². The van der Waals surface area contributed by atoms with Crippen molar-refractivity contribution in [1.29, 1.82) is 0 Å². The number of aromatic nitrogens is 7. The number of pyridine rings is 1. The van der Waals surface area contributed by atoms with E-state index in [0.717, 1.165) is 5.56 Å². The Morgan fingerprint density at radius 2 is 2.17 bits per heavy atom. The number of ether oxygens (including phenoxy) is 1. The molecular weight excluding hydrogens is 396 g/mol. The molecule has 0 saturated carbocycles. The quantitative estimate of drug-likeness (QED) is 0.516. The van der Waals surface area contributed by atoms with Crippen LogP contribution in [0.4, 0.5) is 0 Å². The van der Waals surface area contributed by atoms with Gasteiger partial charge in [-0.3, -0.25) is 4.79 Å². The fraction of sp³-hybridized carbons (Fsp3) is 0.111. The van der Waals surface area contributed by atoms with Gasteiger partial charge in [0.25, 0.3) is 5.91 Å². The van der Waals surface area contributed by atoms with Gasteiger partial charge >= 0.3 is 0 Å². The first-order chi connectivity index (χ1) is 14.2. The summed E-state index contributed by atoms with van der Waals surface area (Å²) in [6.07, 6.45) is 6.57. The van der Waals surface area contributed by atoms with Gasteiger partial charge in [-0.1, -0.05) is 17.7 Å². The van der Waals surface area contributed by atoms with Crippen molar-refractivity contribution < 1.29 is 9.53 Å². The number of carbonyl (C=O) groups excluding carboxylic acids is 1. The van der Waals surface area contributed by atoms with Gasteiger partial charge in [-0.2, -0.15) is 9.78 Å². The predicted octanol–water partition coefficient (Wildman–Crippen LogP) is 1.83. The van der Waals surface area contributed by atoms with Crippen molar-refractivity contribution >= 4 is 17.5 Å². The van der Waals surface area contributed by atoms with E-state index in [9.17, 15) is 4.79 Å². The van der Waals surface area contributed by atoms with E-state index in [1.165, 1.54) is 24.2 Å². The molecule has 1 aromatic carbocycles. The van der Waals surface area contributed by atoms with Gasteiger partial charge in [0.05, 0.1) is 23.4 Å². The first-order valence-electron chi connectivity index (χ1n) is 8.50. The van der Waals surface area contributed by atoms with Crippen LogP contribution in [-0.2, 0) is 6.54 Å². The Morgan fingerprint density at radius 1 is 1.28 bits per heavy atom. The van der Waals surface area contributed by atoms with Crippen LogP contribution in [0.15, 0.2) is 55.2 Å². The Bertz CT molecular complexity index is 1110. The molecule has 0 aliphatic rings. The van der Waals surface area contributed by atoms with Crippen molar-refractivity contribution in [3.63, 3.8) is 0 Å². The summed E-state index contributed by atoms with van der Waals surface area (Å²) in [5.41, 5.74) is 1.64. The van der Waals surface area contributed by atoms with Crippen LogP contribution in [0.3, 0.4) is 0 Å². The minimum absolute atomic E-state index is 0.292. The summed E-state index contributed by atoms with van der Waals surface area (Å²) in [6, 6.07) is 8.64. The van der Waals surface area contributed by atoms with E-state index < -0.39 is 0 Å². The molecule has 0 fully saturated rings. The average molecular weight is 411 g/mol. The number of nitrogens with zero attached hydrogens (tertiary/aromatic N) is 7. The van der Waals surface area contributed by atoms with Gasteiger partial charge in [0.2, 0.25) is 0 Å². The maximum absolute atomic E-state index is 12.7. The minimum Gasteiger partial charge on any atom is -0.496 e. The molecule has 1 amide bonds. The van der Waals surface area contributed by atoms with E-state index >= 15 is 0 Å². The molecule has 11 heteroatoms. The van der Waals surface area contributed by atoms with E-state index in [1.807, 2.05) is 18.2 Å². The van der Waals surface area contributed by atoms with Crippen molar-refractivity contribution in [3.05, 3.63) is 71.4 Å². The summed E-state index contributed by atoms with van der Waals surface area (Å²) in [4.78, 5) is 17.0. The van der Waals surface area contributed by atoms with Crippen LogP contribution < -0.4 is 10.1 Å². The Kier molecular flexibility index (Phi) is 5.16. The summed E-state index contributed by atoms with van der Waals surface area (Å²) in [6.45, 7) is 0.292. The number of halogens is 1. The monoisotopic (exact) mass is 410 g/mol. The maximum atomic E-state index is 12.7. The Morgan fingerprint density at radius 3 is 2.83 bits per heavy atom. The number of hydrogen-bond donors (Lipinski definition) is 1. The molecular formula is C18H15ClN8O2. The molecule has 10 nitrogen and oxygen atoms in total. The molecule has 3 aromatic heterocycles. The van der Waals surface area contributed by atoms with Gasteiger partial charge in [-0.15, -0.1) is 5.10 Å². The number of benzene rings is 1. The van der Waals surface area contributed by atoms with Crippen LogP contribution >= 0.6 is 11.6 Å². The number of hydrogen-bond acceptors (Lipinski definition) is 7. The lowest BCUT2D eigenvalue weighted by Crippen LogP contribution is -2.23. The highest BCUT2D eigenvalue weighted by Crippen LogP contribution is 2.29. The third-order valence-electron chi connectivity index (χ3n) is 4.11. The van der Waals surface area contributed by atoms with Gasteiger partial charge in [0, 0.05) is 31.2 Å². The zero-order valence-electron chi connectivity index (χ0n) is 15.2. The molecule has 3 heterocycles. The van der Waals surface area contributed by atoms with Crippen molar-refractivity contribution in [3.8, 4) is 17.3 Å². The normalized spacial score (nSPS) is 10.7. The summed E-state index contributed by atoms with van der Waals surface area (Å²) in [5, 5.41) is 18.2. The van der Waals surface area contributed by atoms with Crippen molar-refractivity contribution in [2.75, 3.05) is 7.11 Å². The zero-order chi connectivity index (χ0) is 20.2. The SMILES string of the molecule is COc1cc(-n2cnnn2)c(Cl)cc1C(=O)NCc1ccc(-n2cccn2)nc1. The molecule has 0 aliphatic heterocycles. The van der Waals surface area contributed by atoms with Gasteiger partial charge in [0.15, 0.2) is 5.82 Å². The molecule has 4 aromatic rings. The molecule has 0 unspecified atom stereocenters. The molecule has 0 bridgehead atoms. The van der Waals surface area contributed by atoms with Gasteiger partial charge in [-0.05, 0) is 34.2 Å². The molecule has 1 N–H and O–H groups in total. The highest BCUT2D eigenvalue weighted by atomic mass is 35.5. The molecule has 0 atom stereocenters. The van der Waals surface area contributed by atoms with Crippen LogP contribution in [-0.4, -0.2) is 48.0 Å². The van der Waals surface area contributed by atoms with Crippen LogP contribution in [0.25, 0.3) is 11.5 Å². The molecule has 146 valence electrons. The highest BCUT2D eigenvalue weighted by molar-refractivity contribution is 6.33. The lowest BCUT2D eigenvalue weighted by Gasteiger charge is -2.12. The van der Waals surface area contributed by atoms with E-state index in [-0.39, 0.29) is 5.91 Å². The fourth-order valence-electron chi connectivity index (χ4n) is 2.67. The maximum Gasteiger partial charge on any atom is 0.255 e. The predicted molar refractivity (Wildman–Crippen MR) is 103 cm³/mol. The van der Waals surface area contributed by atoms with Gasteiger partial charge < -0.3 is 10.1 Å². The number of methoxy groups -OCH3 is 1. The number of rotatable bonds is 6. The average Bonchev–Trinajstić information content (AvgIpc) is 3.46. The number of tetrazole rings is 1. The van der Waals surface area contributed by atoms with E-state index in [2.05, 4.69) is 30.9 Å². The van der Waals surface area contributed by atoms with Crippen molar-refractivity contribution in [1.82, 2.24) is 40.3 Å². The van der Waals surface area contributed by atoms with Gasteiger partial charge in [-0.25, -0.2) is 9.67 Å². The summed E-state index contributed by atoms with van der Waals surface area (Å²) >= 11 is 6.31. The second-order valence-electron chi connectivity index (χ2n) is 5.92. The second kappa shape index (κ2) is 8.07. The summed E-state index contributed by atoms with van der Waals surface area (Å²) in [5.74, 6) is 0.712. The van der Waals surface area contributed by atoms with Crippen molar-refractivity contribution in [2.24, 2.45) is 0 Å². The number of amides is 1. The third kappa shape index (κ3) is 3.92. The van der Waals surface area contributed by atoms with E-state index in [4.69, 9.17) is 16.3 Å². The first kappa shape index (κ1) is 18.6. The topological polar surface area (TPSA) is 113 Å². The fourth-order valence-corrected chi connectivity index (χ4v) is 2.93. The van der Waals surface area contributed by atoms with Crippen LogP contribution in [0.5, 0.6) is 5.75 Å². The third-order valence-corrected chi connectivity index (χ3v) is 4.41. The first-order valence-corrected chi connectivity index (χ1v) is 8.87. The summed E-state index contributed by atoms with van der Waals surface area (Å²) in [7, 11) is 1.47. The van der Waals surface area contributed by atoms with Gasteiger partial charge in [0.1, 0.15) is 12.1 Å². The highest BCUT2D eigenvalue weighted by Gasteiger charge is 2.17. The standard InChI is InChI=1S/C18H15ClN8O2/c1-29-16-8-15(27-11-22-24-25-27)14(19)7-13(16)18(28)21-10-12-3-4-17(20-9-12)26-6-2-5-23-26/h2-9,11H,10H2,1H3,(H,21,28). The molecule has 0 aliphatic carbocycles. The molecule has 4 rings (SSSR count). The largest absolute Gasteiger partial charge is 0.496 e.